The average molecular weight is 386 g/mol. The Bertz CT molecular complexity index is 866. The number of ether oxygens (including phenoxy) is 1. The quantitative estimate of drug-likeness (QED) is 0.394. The smallest absolute Gasteiger partial charge is 0.232 e. The summed E-state index contributed by atoms with van der Waals surface area (Å²) in [6, 6.07) is 8.24. The number of nitrogens with zero attached hydrogens (tertiary/aromatic N) is 4. The number of aromatic hydroxyl groups is 1. The summed E-state index contributed by atoms with van der Waals surface area (Å²) in [7, 11) is 1.67. The maximum atomic E-state index is 9.68. The van der Waals surface area contributed by atoms with Crippen LogP contribution in [0.1, 0.15) is 6.92 Å². The highest BCUT2D eigenvalue weighted by atomic mass is 17.1. The van der Waals surface area contributed by atoms with Crippen molar-refractivity contribution in [2.45, 2.75) is 13.0 Å². The van der Waals surface area contributed by atoms with Crippen LogP contribution in [0.25, 0.3) is 0 Å². The van der Waals surface area contributed by atoms with Gasteiger partial charge < -0.3 is 30.3 Å². The van der Waals surface area contributed by atoms with Gasteiger partial charge in [-0.15, -0.1) is 0 Å². The Kier molecular flexibility index (Phi) is 5.98. The fourth-order valence-corrected chi connectivity index (χ4v) is 2.93. The predicted octanol–water partition coefficient (Wildman–Crippen LogP) is 2.04. The standard InChI is InChI=1S/C18H22N6O4/c1-3-24-9-11(10-24)15(8-19)27-14-6-12(4-5-13(14)28-26)21-18-22-16(20-2)7-17(25)23-18/h4-7,11,15,26H,3,9-10H2,1-2H3,(H3,20,21,22,23,25). The largest absolute Gasteiger partial charge is 0.493 e. The number of anilines is 3. The molecule has 1 saturated heterocycles. The third-order valence-corrected chi connectivity index (χ3v) is 4.51. The first kappa shape index (κ1) is 19.5. The number of nitrogens with one attached hydrogen (secondary N) is 2. The van der Waals surface area contributed by atoms with Crippen LogP contribution in [0.2, 0.25) is 0 Å². The molecule has 148 valence electrons. The molecule has 1 aliphatic heterocycles. The Balaban J connectivity index is 1.78. The molecule has 10 nitrogen and oxygen atoms in total. The van der Waals surface area contributed by atoms with Gasteiger partial charge in [0.15, 0.2) is 11.9 Å². The fourth-order valence-electron chi connectivity index (χ4n) is 2.93. The van der Waals surface area contributed by atoms with Gasteiger partial charge in [0.2, 0.25) is 17.6 Å². The zero-order chi connectivity index (χ0) is 20.1. The van der Waals surface area contributed by atoms with Gasteiger partial charge in [0, 0.05) is 43.9 Å². The van der Waals surface area contributed by atoms with E-state index in [1.54, 1.807) is 19.2 Å². The molecule has 1 aliphatic rings. The summed E-state index contributed by atoms with van der Waals surface area (Å²) in [6.45, 7) is 4.56. The van der Waals surface area contributed by atoms with Gasteiger partial charge in [-0.3, -0.25) is 0 Å². The van der Waals surface area contributed by atoms with E-state index in [0.717, 1.165) is 19.6 Å². The average Bonchev–Trinajstić information content (AvgIpc) is 2.66. The monoisotopic (exact) mass is 386 g/mol. The second-order valence-corrected chi connectivity index (χ2v) is 6.34. The maximum Gasteiger partial charge on any atom is 0.232 e. The second-order valence-electron chi connectivity index (χ2n) is 6.34. The molecular formula is C18H22N6O4. The summed E-state index contributed by atoms with van der Waals surface area (Å²) in [5, 5.41) is 34.0. The van der Waals surface area contributed by atoms with Crippen molar-refractivity contribution in [3.63, 3.8) is 0 Å². The van der Waals surface area contributed by atoms with Crippen LogP contribution in [-0.4, -0.2) is 58.0 Å². The van der Waals surface area contributed by atoms with E-state index in [4.69, 9.17) is 9.99 Å². The van der Waals surface area contributed by atoms with Crippen molar-refractivity contribution in [2.24, 2.45) is 5.92 Å². The Morgan fingerprint density at radius 2 is 2.11 bits per heavy atom. The molecule has 0 aliphatic carbocycles. The van der Waals surface area contributed by atoms with E-state index < -0.39 is 6.10 Å². The maximum absolute atomic E-state index is 9.68. The molecule has 0 radical (unpaired) electrons. The van der Waals surface area contributed by atoms with Crippen LogP contribution in [0, 0.1) is 17.2 Å². The highest BCUT2D eigenvalue weighted by Gasteiger charge is 2.34. The zero-order valence-corrected chi connectivity index (χ0v) is 15.6. The van der Waals surface area contributed by atoms with Crippen LogP contribution < -0.4 is 20.3 Å². The molecule has 2 heterocycles. The Morgan fingerprint density at radius 1 is 1.32 bits per heavy atom. The van der Waals surface area contributed by atoms with E-state index in [-0.39, 0.29) is 29.2 Å². The lowest BCUT2D eigenvalue weighted by Gasteiger charge is -2.40. The predicted molar refractivity (Wildman–Crippen MR) is 102 cm³/mol. The van der Waals surface area contributed by atoms with Gasteiger partial charge >= 0.3 is 0 Å². The lowest BCUT2D eigenvalue weighted by Crippen LogP contribution is -2.52. The van der Waals surface area contributed by atoms with E-state index in [9.17, 15) is 10.4 Å². The van der Waals surface area contributed by atoms with Crippen molar-refractivity contribution in [1.82, 2.24) is 14.9 Å². The Morgan fingerprint density at radius 3 is 2.75 bits per heavy atom. The topological polar surface area (TPSA) is 136 Å². The molecule has 1 fully saturated rings. The molecule has 0 amide bonds. The molecule has 28 heavy (non-hydrogen) atoms. The van der Waals surface area contributed by atoms with E-state index in [2.05, 4.69) is 43.4 Å². The molecule has 3 rings (SSSR count). The number of benzene rings is 1. The van der Waals surface area contributed by atoms with Crippen molar-refractivity contribution in [1.29, 1.82) is 5.26 Å². The molecule has 10 heteroatoms. The van der Waals surface area contributed by atoms with Gasteiger partial charge in [-0.2, -0.15) is 15.2 Å². The molecule has 0 saturated carbocycles. The third kappa shape index (κ3) is 4.33. The normalized spacial score (nSPS) is 15.2. The van der Waals surface area contributed by atoms with Gasteiger partial charge in [0.05, 0.1) is 0 Å². The highest BCUT2D eigenvalue weighted by Crippen LogP contribution is 2.34. The minimum Gasteiger partial charge on any atom is -0.493 e. The summed E-state index contributed by atoms with van der Waals surface area (Å²) >= 11 is 0. The molecule has 1 unspecified atom stereocenters. The highest BCUT2D eigenvalue weighted by molar-refractivity contribution is 5.61. The number of rotatable bonds is 8. The van der Waals surface area contributed by atoms with Crippen molar-refractivity contribution in [2.75, 3.05) is 37.3 Å². The van der Waals surface area contributed by atoms with Crippen molar-refractivity contribution in [3.8, 4) is 23.4 Å². The molecule has 0 spiro atoms. The zero-order valence-electron chi connectivity index (χ0n) is 15.6. The summed E-state index contributed by atoms with van der Waals surface area (Å²) in [5.41, 5.74) is 0.531. The number of aromatic nitrogens is 2. The van der Waals surface area contributed by atoms with E-state index >= 15 is 0 Å². The Hall–Kier alpha value is -3.29. The lowest BCUT2D eigenvalue weighted by molar-refractivity contribution is -0.139. The molecule has 4 N–H and O–H groups in total. The van der Waals surface area contributed by atoms with Crippen LogP contribution in [0.5, 0.6) is 17.4 Å². The van der Waals surface area contributed by atoms with Crippen LogP contribution >= 0.6 is 0 Å². The van der Waals surface area contributed by atoms with Crippen LogP contribution in [-0.2, 0) is 0 Å². The van der Waals surface area contributed by atoms with Gasteiger partial charge in [-0.05, 0) is 18.7 Å². The molecular weight excluding hydrogens is 364 g/mol. The molecule has 1 aromatic heterocycles. The van der Waals surface area contributed by atoms with Crippen molar-refractivity contribution >= 4 is 17.5 Å². The van der Waals surface area contributed by atoms with Gasteiger partial charge in [0.1, 0.15) is 11.9 Å². The first-order chi connectivity index (χ1) is 13.6. The number of nitriles is 1. The summed E-state index contributed by atoms with van der Waals surface area (Å²) in [5.74, 6) is 0.803. The molecule has 1 aromatic carbocycles. The summed E-state index contributed by atoms with van der Waals surface area (Å²) < 4.78 is 5.81. The Labute approximate surface area is 162 Å². The van der Waals surface area contributed by atoms with Crippen molar-refractivity contribution in [3.05, 3.63) is 24.3 Å². The van der Waals surface area contributed by atoms with E-state index in [1.165, 1.54) is 12.1 Å². The molecule has 0 bridgehead atoms. The minimum absolute atomic E-state index is 0.0840. The number of hydrogen-bond donors (Lipinski definition) is 4. The fraction of sp³-hybridized carbons (Fsp3) is 0.389. The van der Waals surface area contributed by atoms with Crippen LogP contribution in [0.3, 0.4) is 0 Å². The molecule has 1 atom stereocenters. The minimum atomic E-state index is -0.667. The lowest BCUT2D eigenvalue weighted by atomic mass is 9.94. The van der Waals surface area contributed by atoms with Crippen molar-refractivity contribution < 1.29 is 20.0 Å². The first-order valence-corrected chi connectivity index (χ1v) is 8.83. The summed E-state index contributed by atoms with van der Waals surface area (Å²) in [6.07, 6.45) is -0.667. The molecule has 2 aromatic rings. The number of likely N-dealkylation sites (tertiary alicyclic amines) is 1. The third-order valence-electron chi connectivity index (χ3n) is 4.51. The van der Waals surface area contributed by atoms with Crippen LogP contribution in [0.4, 0.5) is 17.5 Å². The SMILES string of the molecule is CCN1CC(C(C#N)Oc2cc(Nc3nc(O)cc(NC)n3)ccc2OO)C1. The van der Waals surface area contributed by atoms with E-state index in [0.29, 0.717) is 11.5 Å². The van der Waals surface area contributed by atoms with Crippen LogP contribution in [0.15, 0.2) is 24.3 Å². The van der Waals surface area contributed by atoms with Gasteiger partial charge in [-0.1, -0.05) is 6.92 Å². The first-order valence-electron chi connectivity index (χ1n) is 8.83. The van der Waals surface area contributed by atoms with Gasteiger partial charge in [0.25, 0.3) is 0 Å². The van der Waals surface area contributed by atoms with E-state index in [1.807, 2.05) is 0 Å². The second kappa shape index (κ2) is 8.60. The number of hydrogen-bond acceptors (Lipinski definition) is 10. The van der Waals surface area contributed by atoms with Gasteiger partial charge in [-0.25, -0.2) is 5.26 Å². The summed E-state index contributed by atoms with van der Waals surface area (Å²) in [4.78, 5) is 14.7.